The quantitative estimate of drug-likeness (QED) is 0.297. The molecule has 2 fully saturated rings. The number of nitrogens with one attached hydrogen (secondary N) is 1. The highest BCUT2D eigenvalue weighted by Gasteiger charge is 2.42. The van der Waals surface area contributed by atoms with Crippen LogP contribution in [0, 0.1) is 5.41 Å². The zero-order valence-corrected chi connectivity index (χ0v) is 16.7. The van der Waals surface area contributed by atoms with Crippen LogP contribution in [0.2, 0.25) is 0 Å². The molecule has 2 heterocycles. The van der Waals surface area contributed by atoms with E-state index in [1.54, 1.807) is 0 Å². The Hall–Kier alpha value is -0.0900. The van der Waals surface area contributed by atoms with Crippen molar-refractivity contribution in [2.24, 2.45) is 10.4 Å². The van der Waals surface area contributed by atoms with Gasteiger partial charge in [0, 0.05) is 44.5 Å². The van der Waals surface area contributed by atoms with Crippen LogP contribution in [0.25, 0.3) is 0 Å². The van der Waals surface area contributed by atoms with Crippen LogP contribution in [0.3, 0.4) is 0 Å². The molecule has 0 bridgehead atoms. The summed E-state index contributed by atoms with van der Waals surface area (Å²) < 4.78 is 27.8. The minimum Gasteiger partial charge on any atom is -0.381 e. The van der Waals surface area contributed by atoms with E-state index in [-0.39, 0.29) is 29.7 Å². The molecule has 0 aliphatic carbocycles. The van der Waals surface area contributed by atoms with Gasteiger partial charge in [-0.2, -0.15) is 0 Å². The molecule has 0 amide bonds. The third-order valence-electron chi connectivity index (χ3n) is 4.19. The van der Waals surface area contributed by atoms with Crippen molar-refractivity contribution in [1.29, 1.82) is 0 Å². The zero-order chi connectivity index (χ0) is 15.3. The smallest absolute Gasteiger partial charge is 0.193 e. The summed E-state index contributed by atoms with van der Waals surface area (Å²) in [5.41, 5.74) is 0.308. The van der Waals surface area contributed by atoms with Crippen molar-refractivity contribution in [1.82, 2.24) is 10.2 Å². The number of nitrogens with zero attached hydrogens (tertiary/aromatic N) is 2. The zero-order valence-electron chi connectivity index (χ0n) is 13.5. The summed E-state index contributed by atoms with van der Waals surface area (Å²) >= 11 is 0. The topological polar surface area (TPSA) is 71.0 Å². The second kappa shape index (κ2) is 8.68. The fourth-order valence-corrected chi connectivity index (χ4v) is 3.68. The Morgan fingerprint density at radius 1 is 1.41 bits per heavy atom. The highest BCUT2D eigenvalue weighted by Crippen LogP contribution is 2.38. The van der Waals surface area contributed by atoms with Gasteiger partial charge in [0.1, 0.15) is 9.84 Å². The molecule has 1 N–H and O–H groups in total. The first kappa shape index (κ1) is 20.0. The summed E-state index contributed by atoms with van der Waals surface area (Å²) in [7, 11) is -2.89. The summed E-state index contributed by atoms with van der Waals surface area (Å²) in [6.45, 7) is 7.15. The van der Waals surface area contributed by atoms with Crippen molar-refractivity contribution in [3.8, 4) is 0 Å². The fourth-order valence-electron chi connectivity index (χ4n) is 3.02. The maximum atomic E-state index is 11.1. The fraction of sp³-hybridized carbons (Fsp3) is 0.929. The molecular formula is C14H28IN3O3S. The molecule has 2 aliphatic rings. The standard InChI is InChI=1S/C14H27N3O3S.HI/c1-3-15-13(16-7-4-10-21(2,18)19)17-8-5-14(11-17)6-9-20-12-14;/h3-12H2,1-2H3,(H,15,16);1H. The number of hydrogen-bond acceptors (Lipinski definition) is 4. The minimum absolute atomic E-state index is 0. The first-order chi connectivity index (χ1) is 9.94. The molecule has 1 spiro atoms. The van der Waals surface area contributed by atoms with Gasteiger partial charge in [-0.3, -0.25) is 4.99 Å². The van der Waals surface area contributed by atoms with Gasteiger partial charge >= 0.3 is 0 Å². The number of halogens is 1. The Bertz CT molecular complexity index is 476. The molecule has 2 rings (SSSR count). The van der Waals surface area contributed by atoms with Crippen LogP contribution >= 0.6 is 24.0 Å². The van der Waals surface area contributed by atoms with Gasteiger partial charge in [-0.05, 0) is 26.2 Å². The lowest BCUT2D eigenvalue weighted by Gasteiger charge is -2.24. The van der Waals surface area contributed by atoms with E-state index < -0.39 is 9.84 Å². The molecule has 1 atom stereocenters. The van der Waals surface area contributed by atoms with Crippen molar-refractivity contribution in [3.63, 3.8) is 0 Å². The number of ether oxygens (including phenoxy) is 1. The van der Waals surface area contributed by atoms with Crippen molar-refractivity contribution in [2.45, 2.75) is 26.2 Å². The van der Waals surface area contributed by atoms with E-state index in [1.807, 2.05) is 0 Å². The van der Waals surface area contributed by atoms with Gasteiger partial charge in [0.25, 0.3) is 0 Å². The Labute approximate surface area is 151 Å². The summed E-state index contributed by atoms with van der Waals surface area (Å²) in [6, 6.07) is 0. The number of aliphatic imine (C=N–C) groups is 1. The van der Waals surface area contributed by atoms with Crippen molar-refractivity contribution < 1.29 is 13.2 Å². The lowest BCUT2D eigenvalue weighted by molar-refractivity contribution is 0.156. The molecule has 130 valence electrons. The highest BCUT2D eigenvalue weighted by atomic mass is 127. The van der Waals surface area contributed by atoms with Crippen LogP contribution in [0.15, 0.2) is 4.99 Å². The lowest BCUT2D eigenvalue weighted by Crippen LogP contribution is -2.41. The normalized spacial score (nSPS) is 25.5. The second-order valence-electron chi connectivity index (χ2n) is 6.19. The van der Waals surface area contributed by atoms with Crippen LogP contribution in [-0.2, 0) is 14.6 Å². The average molecular weight is 445 g/mol. The number of likely N-dealkylation sites (tertiary alicyclic amines) is 1. The third-order valence-corrected chi connectivity index (χ3v) is 5.22. The van der Waals surface area contributed by atoms with E-state index in [0.717, 1.165) is 51.6 Å². The molecular weight excluding hydrogens is 417 g/mol. The molecule has 22 heavy (non-hydrogen) atoms. The van der Waals surface area contributed by atoms with E-state index in [4.69, 9.17) is 4.74 Å². The Morgan fingerprint density at radius 3 is 2.77 bits per heavy atom. The van der Waals surface area contributed by atoms with E-state index in [2.05, 4.69) is 22.1 Å². The summed E-state index contributed by atoms with van der Waals surface area (Å²) in [5.74, 6) is 1.11. The van der Waals surface area contributed by atoms with E-state index in [0.29, 0.717) is 18.4 Å². The van der Waals surface area contributed by atoms with E-state index >= 15 is 0 Å². The van der Waals surface area contributed by atoms with E-state index in [9.17, 15) is 8.42 Å². The summed E-state index contributed by atoms with van der Waals surface area (Å²) in [6.07, 6.45) is 4.14. The van der Waals surface area contributed by atoms with Crippen LogP contribution in [-0.4, -0.2) is 70.7 Å². The SMILES string of the molecule is CCNC(=NCCCS(C)(=O)=O)N1CCC2(CCOC2)C1.I. The number of guanidine groups is 1. The third kappa shape index (κ3) is 5.84. The first-order valence-corrected chi connectivity index (χ1v) is 9.79. The average Bonchev–Trinajstić information content (AvgIpc) is 3.03. The minimum atomic E-state index is -2.89. The molecule has 2 saturated heterocycles. The molecule has 0 radical (unpaired) electrons. The molecule has 1 unspecified atom stereocenters. The molecule has 0 aromatic heterocycles. The van der Waals surface area contributed by atoms with Gasteiger partial charge in [0.2, 0.25) is 0 Å². The first-order valence-electron chi connectivity index (χ1n) is 7.73. The van der Waals surface area contributed by atoms with Crippen LogP contribution < -0.4 is 5.32 Å². The Kier molecular flexibility index (Phi) is 7.87. The largest absolute Gasteiger partial charge is 0.381 e. The lowest BCUT2D eigenvalue weighted by atomic mass is 9.87. The van der Waals surface area contributed by atoms with Gasteiger partial charge in [-0.1, -0.05) is 0 Å². The van der Waals surface area contributed by atoms with Crippen molar-refractivity contribution in [2.75, 3.05) is 51.4 Å². The van der Waals surface area contributed by atoms with Crippen molar-refractivity contribution in [3.05, 3.63) is 0 Å². The molecule has 0 aromatic rings. The van der Waals surface area contributed by atoms with Crippen LogP contribution in [0.1, 0.15) is 26.2 Å². The number of hydrogen-bond donors (Lipinski definition) is 1. The van der Waals surface area contributed by atoms with Crippen LogP contribution in [0.5, 0.6) is 0 Å². The molecule has 0 aromatic carbocycles. The van der Waals surface area contributed by atoms with Gasteiger partial charge in [0.15, 0.2) is 5.96 Å². The molecule has 2 aliphatic heterocycles. The molecule has 6 nitrogen and oxygen atoms in total. The van der Waals surface area contributed by atoms with Gasteiger partial charge < -0.3 is 15.0 Å². The van der Waals surface area contributed by atoms with Crippen LogP contribution in [0.4, 0.5) is 0 Å². The maximum absolute atomic E-state index is 11.1. The number of rotatable bonds is 5. The monoisotopic (exact) mass is 445 g/mol. The second-order valence-corrected chi connectivity index (χ2v) is 8.45. The maximum Gasteiger partial charge on any atom is 0.193 e. The number of sulfone groups is 1. The van der Waals surface area contributed by atoms with E-state index in [1.165, 1.54) is 6.26 Å². The molecule has 8 heteroatoms. The van der Waals surface area contributed by atoms with Gasteiger partial charge in [-0.15, -0.1) is 24.0 Å². The Balaban J connectivity index is 0.00000242. The predicted octanol–water partition coefficient (Wildman–Crippen LogP) is 1.12. The summed E-state index contributed by atoms with van der Waals surface area (Å²) in [4.78, 5) is 6.87. The van der Waals surface area contributed by atoms with Gasteiger partial charge in [-0.25, -0.2) is 8.42 Å². The summed E-state index contributed by atoms with van der Waals surface area (Å²) in [5, 5.41) is 3.31. The predicted molar refractivity (Wildman–Crippen MR) is 99.8 cm³/mol. The van der Waals surface area contributed by atoms with Crippen molar-refractivity contribution >= 4 is 39.8 Å². The highest BCUT2D eigenvalue weighted by molar-refractivity contribution is 14.0. The Morgan fingerprint density at radius 2 is 2.18 bits per heavy atom. The molecule has 0 saturated carbocycles. The van der Waals surface area contributed by atoms with Gasteiger partial charge in [0.05, 0.1) is 12.4 Å².